The molecule has 1 aliphatic rings. The number of carbonyl (C=O) groups excluding carboxylic acids is 2. The molecular formula is C24H30N2O6S. The van der Waals surface area contributed by atoms with E-state index < -0.39 is 22.6 Å². The van der Waals surface area contributed by atoms with Crippen LogP contribution in [0.2, 0.25) is 0 Å². The fourth-order valence-corrected chi connectivity index (χ4v) is 4.90. The molecule has 1 amide bonds. The van der Waals surface area contributed by atoms with Gasteiger partial charge in [0.2, 0.25) is 0 Å². The van der Waals surface area contributed by atoms with E-state index in [0.717, 1.165) is 25.7 Å². The first-order valence-corrected chi connectivity index (χ1v) is 12.6. The van der Waals surface area contributed by atoms with Crippen LogP contribution in [0.3, 0.4) is 0 Å². The lowest BCUT2D eigenvalue weighted by Gasteiger charge is -2.29. The van der Waals surface area contributed by atoms with E-state index >= 15 is 0 Å². The summed E-state index contributed by atoms with van der Waals surface area (Å²) in [5.41, 5.74) is 0.0866. The largest absolute Gasteiger partial charge is 0.494 e. The molecule has 33 heavy (non-hydrogen) atoms. The number of anilines is 1. The molecule has 0 radical (unpaired) electrons. The normalized spacial score (nSPS) is 18.2. The van der Waals surface area contributed by atoms with Gasteiger partial charge in [-0.05, 0) is 62.1 Å². The van der Waals surface area contributed by atoms with Crippen molar-refractivity contribution in [3.8, 4) is 5.75 Å². The van der Waals surface area contributed by atoms with Crippen molar-refractivity contribution in [1.82, 2.24) is 5.32 Å². The second-order valence-corrected chi connectivity index (χ2v) is 9.75. The first-order valence-electron chi connectivity index (χ1n) is 11.1. The van der Waals surface area contributed by atoms with Crippen LogP contribution in [0.15, 0.2) is 53.4 Å². The number of ether oxygens (including phenoxy) is 2. The zero-order chi connectivity index (χ0) is 23.8. The quantitative estimate of drug-likeness (QED) is 0.536. The second kappa shape index (κ2) is 11.2. The second-order valence-electron chi connectivity index (χ2n) is 8.07. The van der Waals surface area contributed by atoms with Gasteiger partial charge in [-0.1, -0.05) is 31.9 Å². The molecule has 2 aromatic rings. The van der Waals surface area contributed by atoms with E-state index in [1.165, 1.54) is 24.3 Å². The maximum absolute atomic E-state index is 12.8. The summed E-state index contributed by atoms with van der Waals surface area (Å²) in [6.45, 7) is 3.98. The molecule has 9 heteroatoms. The average Bonchev–Trinajstić information content (AvgIpc) is 2.80. The Morgan fingerprint density at radius 1 is 1.03 bits per heavy atom. The Kier molecular flexibility index (Phi) is 8.32. The summed E-state index contributed by atoms with van der Waals surface area (Å²) >= 11 is 0. The van der Waals surface area contributed by atoms with Gasteiger partial charge in [0.05, 0.1) is 22.8 Å². The van der Waals surface area contributed by atoms with E-state index in [9.17, 15) is 18.0 Å². The van der Waals surface area contributed by atoms with E-state index in [1.54, 1.807) is 24.3 Å². The first kappa shape index (κ1) is 24.6. The van der Waals surface area contributed by atoms with Crippen molar-refractivity contribution in [3.05, 3.63) is 54.1 Å². The van der Waals surface area contributed by atoms with Gasteiger partial charge in [0.15, 0.2) is 6.61 Å². The van der Waals surface area contributed by atoms with E-state index in [1.807, 2.05) is 6.92 Å². The molecule has 3 rings (SSSR count). The number of rotatable bonds is 9. The molecule has 1 saturated carbocycles. The number of esters is 1. The Morgan fingerprint density at radius 2 is 1.73 bits per heavy atom. The Labute approximate surface area is 194 Å². The fourth-order valence-electron chi connectivity index (χ4n) is 3.82. The molecule has 8 nitrogen and oxygen atoms in total. The molecule has 0 saturated heterocycles. The Morgan fingerprint density at radius 3 is 2.42 bits per heavy atom. The molecule has 1 aliphatic carbocycles. The number of benzene rings is 2. The van der Waals surface area contributed by atoms with Gasteiger partial charge < -0.3 is 14.8 Å². The summed E-state index contributed by atoms with van der Waals surface area (Å²) in [5, 5.41) is 2.93. The number of nitrogens with one attached hydrogen (secondary N) is 2. The number of sulfonamides is 1. The first-order chi connectivity index (χ1) is 15.8. The fraction of sp³-hybridized carbons (Fsp3) is 0.417. The van der Waals surface area contributed by atoms with Gasteiger partial charge in [-0.15, -0.1) is 0 Å². The summed E-state index contributed by atoms with van der Waals surface area (Å²) in [6, 6.07) is 12.1. The topological polar surface area (TPSA) is 111 Å². The standard InChI is InChI=1S/C24H30N2O6S/c1-3-31-18-12-14-19(15-13-18)33(29,30)26-22-11-7-5-9-20(22)24(28)32-16-23(27)25-21-10-6-4-8-17(21)2/h5,7,9,11-15,17,21,26H,3-4,6,8,10,16H2,1-2H3,(H,25,27). The molecule has 178 valence electrons. The van der Waals surface area contributed by atoms with E-state index in [4.69, 9.17) is 9.47 Å². The summed E-state index contributed by atoms with van der Waals surface area (Å²) in [4.78, 5) is 24.9. The molecule has 0 spiro atoms. The van der Waals surface area contributed by atoms with E-state index in [0.29, 0.717) is 18.3 Å². The Bertz CT molecular complexity index is 1070. The maximum Gasteiger partial charge on any atom is 0.340 e. The van der Waals surface area contributed by atoms with Crippen LogP contribution >= 0.6 is 0 Å². The Balaban J connectivity index is 1.64. The van der Waals surface area contributed by atoms with Crippen molar-refractivity contribution in [3.63, 3.8) is 0 Å². The minimum atomic E-state index is -3.95. The Hall–Kier alpha value is -3.07. The molecule has 0 heterocycles. The summed E-state index contributed by atoms with van der Waals surface area (Å²) in [7, 11) is -3.95. The highest BCUT2D eigenvalue weighted by Crippen LogP contribution is 2.24. The van der Waals surface area contributed by atoms with Gasteiger partial charge in [0.25, 0.3) is 15.9 Å². The van der Waals surface area contributed by atoms with Crippen molar-refractivity contribution in [2.75, 3.05) is 17.9 Å². The number of hydrogen-bond donors (Lipinski definition) is 2. The molecular weight excluding hydrogens is 444 g/mol. The van der Waals surface area contributed by atoms with Gasteiger partial charge in [-0.2, -0.15) is 0 Å². The lowest BCUT2D eigenvalue weighted by Crippen LogP contribution is -2.42. The molecule has 0 aromatic heterocycles. The lowest BCUT2D eigenvalue weighted by atomic mass is 9.86. The molecule has 2 unspecified atom stereocenters. The smallest absolute Gasteiger partial charge is 0.340 e. The lowest BCUT2D eigenvalue weighted by molar-refractivity contribution is -0.125. The van der Waals surface area contributed by atoms with Crippen LogP contribution in [0, 0.1) is 5.92 Å². The number of carbonyl (C=O) groups is 2. The molecule has 0 aliphatic heterocycles. The third kappa shape index (κ3) is 6.71. The minimum Gasteiger partial charge on any atom is -0.494 e. The minimum absolute atomic E-state index is 0.0193. The van der Waals surface area contributed by atoms with Crippen molar-refractivity contribution in [2.45, 2.75) is 50.5 Å². The van der Waals surface area contributed by atoms with E-state index in [-0.39, 0.29) is 28.1 Å². The molecule has 2 aromatic carbocycles. The highest BCUT2D eigenvalue weighted by atomic mass is 32.2. The average molecular weight is 475 g/mol. The summed E-state index contributed by atoms with van der Waals surface area (Å²) in [5.74, 6) is -0.209. The van der Waals surface area contributed by atoms with Crippen molar-refractivity contribution in [2.24, 2.45) is 5.92 Å². The zero-order valence-electron chi connectivity index (χ0n) is 18.9. The third-order valence-electron chi connectivity index (χ3n) is 5.63. The highest BCUT2D eigenvalue weighted by molar-refractivity contribution is 7.92. The predicted octanol–water partition coefficient (Wildman–Crippen LogP) is 3.74. The number of para-hydroxylation sites is 1. The SMILES string of the molecule is CCOc1ccc(S(=O)(=O)Nc2ccccc2C(=O)OCC(=O)NC2CCCCC2C)cc1. The van der Waals surface area contributed by atoms with Crippen LogP contribution in [0.5, 0.6) is 5.75 Å². The van der Waals surface area contributed by atoms with Crippen molar-refractivity contribution >= 4 is 27.6 Å². The molecule has 2 N–H and O–H groups in total. The summed E-state index contributed by atoms with van der Waals surface area (Å²) in [6.07, 6.45) is 4.20. The van der Waals surface area contributed by atoms with Crippen LogP contribution < -0.4 is 14.8 Å². The van der Waals surface area contributed by atoms with Crippen LogP contribution in [0.1, 0.15) is 49.9 Å². The van der Waals surface area contributed by atoms with Crippen molar-refractivity contribution < 1.29 is 27.5 Å². The van der Waals surface area contributed by atoms with Gasteiger partial charge in [0, 0.05) is 6.04 Å². The van der Waals surface area contributed by atoms with Crippen LogP contribution in [0.25, 0.3) is 0 Å². The van der Waals surface area contributed by atoms with Crippen LogP contribution in [-0.4, -0.2) is 39.5 Å². The van der Waals surface area contributed by atoms with Gasteiger partial charge >= 0.3 is 5.97 Å². The maximum atomic E-state index is 12.8. The third-order valence-corrected chi connectivity index (χ3v) is 7.01. The van der Waals surface area contributed by atoms with E-state index in [2.05, 4.69) is 17.0 Å². The highest BCUT2D eigenvalue weighted by Gasteiger charge is 2.24. The zero-order valence-corrected chi connectivity index (χ0v) is 19.7. The van der Waals surface area contributed by atoms with Crippen LogP contribution in [-0.2, 0) is 19.6 Å². The van der Waals surface area contributed by atoms with Crippen molar-refractivity contribution in [1.29, 1.82) is 0 Å². The van der Waals surface area contributed by atoms with Gasteiger partial charge in [-0.3, -0.25) is 9.52 Å². The monoisotopic (exact) mass is 474 g/mol. The number of hydrogen-bond acceptors (Lipinski definition) is 6. The molecule has 2 atom stereocenters. The predicted molar refractivity (Wildman–Crippen MR) is 125 cm³/mol. The number of amides is 1. The van der Waals surface area contributed by atoms with Gasteiger partial charge in [-0.25, -0.2) is 13.2 Å². The van der Waals surface area contributed by atoms with Gasteiger partial charge in [0.1, 0.15) is 5.75 Å². The molecule has 1 fully saturated rings. The molecule has 0 bridgehead atoms. The summed E-state index contributed by atoms with van der Waals surface area (Å²) < 4.78 is 38.5. The van der Waals surface area contributed by atoms with Crippen LogP contribution in [0.4, 0.5) is 5.69 Å².